The highest BCUT2D eigenvalue weighted by atomic mass is 79.9. The van der Waals surface area contributed by atoms with Gasteiger partial charge in [-0.05, 0) is 36.1 Å². The van der Waals surface area contributed by atoms with Gasteiger partial charge in [-0.15, -0.1) is 0 Å². The van der Waals surface area contributed by atoms with Gasteiger partial charge in [-0.25, -0.2) is 0 Å². The molecule has 1 aliphatic rings. The molecular formula is C10H9BrO2. The van der Waals surface area contributed by atoms with E-state index in [1.165, 1.54) is 5.56 Å². The van der Waals surface area contributed by atoms with Crippen LogP contribution in [0.25, 0.3) is 0 Å². The number of hydrogen-bond acceptors (Lipinski definition) is 1. The summed E-state index contributed by atoms with van der Waals surface area (Å²) in [7, 11) is 0. The van der Waals surface area contributed by atoms with Crippen LogP contribution in [0.15, 0.2) is 22.7 Å². The number of aliphatic carboxylic acids is 1. The molecule has 1 atom stereocenters. The minimum Gasteiger partial charge on any atom is -0.481 e. The van der Waals surface area contributed by atoms with Gasteiger partial charge in [-0.1, -0.05) is 22.0 Å². The molecule has 1 N–H and O–H groups in total. The molecule has 3 heteroatoms. The molecule has 13 heavy (non-hydrogen) atoms. The molecule has 0 bridgehead atoms. The van der Waals surface area contributed by atoms with E-state index < -0.39 is 5.97 Å². The second kappa shape index (κ2) is 3.14. The molecule has 0 spiro atoms. The number of rotatable bonds is 1. The maximum atomic E-state index is 10.9. The molecule has 1 aliphatic carbocycles. The monoisotopic (exact) mass is 240 g/mol. The van der Waals surface area contributed by atoms with Gasteiger partial charge in [0.05, 0.1) is 5.92 Å². The highest BCUT2D eigenvalue weighted by Gasteiger charge is 2.27. The third-order valence-electron chi connectivity index (χ3n) is 2.48. The standard InChI is InChI=1S/C10H9BrO2/c11-7-3-1-6-2-4-8(10(12)13)9(6)5-7/h1,3,5,8H,2,4H2,(H,12,13). The molecule has 0 fully saturated rings. The number of halogens is 1. The summed E-state index contributed by atoms with van der Waals surface area (Å²) in [6, 6.07) is 5.88. The fourth-order valence-electron chi connectivity index (χ4n) is 1.83. The molecule has 2 nitrogen and oxygen atoms in total. The highest BCUT2D eigenvalue weighted by Crippen LogP contribution is 2.34. The second-order valence-electron chi connectivity index (χ2n) is 3.27. The lowest BCUT2D eigenvalue weighted by atomic mass is 10.0. The fourth-order valence-corrected chi connectivity index (χ4v) is 2.21. The van der Waals surface area contributed by atoms with Crippen LogP contribution in [0.3, 0.4) is 0 Å². The third-order valence-corrected chi connectivity index (χ3v) is 2.98. The fraction of sp³-hybridized carbons (Fsp3) is 0.300. The molecule has 0 amide bonds. The molecule has 1 aromatic carbocycles. The van der Waals surface area contributed by atoms with Crippen LogP contribution in [0.1, 0.15) is 23.5 Å². The lowest BCUT2D eigenvalue weighted by molar-refractivity contribution is -0.138. The molecule has 0 radical (unpaired) electrons. The summed E-state index contributed by atoms with van der Waals surface area (Å²) in [5.41, 5.74) is 2.15. The number of carboxylic acid groups (broad SMARTS) is 1. The van der Waals surface area contributed by atoms with E-state index in [4.69, 9.17) is 5.11 Å². The first kappa shape index (κ1) is 8.75. The molecule has 0 aliphatic heterocycles. The van der Waals surface area contributed by atoms with Gasteiger partial charge in [0.15, 0.2) is 0 Å². The predicted octanol–water partition coefficient (Wildman–Crippen LogP) is 2.56. The third kappa shape index (κ3) is 1.48. The van der Waals surface area contributed by atoms with Gasteiger partial charge in [0.2, 0.25) is 0 Å². The number of hydrogen-bond donors (Lipinski definition) is 1. The van der Waals surface area contributed by atoms with E-state index in [1.54, 1.807) is 0 Å². The Morgan fingerprint density at radius 3 is 3.00 bits per heavy atom. The molecule has 68 valence electrons. The van der Waals surface area contributed by atoms with Crippen LogP contribution in [0.2, 0.25) is 0 Å². The average molecular weight is 241 g/mol. The van der Waals surface area contributed by atoms with Crippen LogP contribution in [-0.4, -0.2) is 11.1 Å². The van der Waals surface area contributed by atoms with Crippen molar-refractivity contribution in [2.45, 2.75) is 18.8 Å². The molecule has 1 aromatic rings. The van der Waals surface area contributed by atoms with E-state index in [2.05, 4.69) is 15.9 Å². The van der Waals surface area contributed by atoms with Crippen molar-refractivity contribution in [3.63, 3.8) is 0 Å². The zero-order chi connectivity index (χ0) is 9.42. The lowest BCUT2D eigenvalue weighted by Gasteiger charge is -2.05. The predicted molar refractivity (Wildman–Crippen MR) is 52.8 cm³/mol. The lowest BCUT2D eigenvalue weighted by Crippen LogP contribution is -2.07. The summed E-state index contributed by atoms with van der Waals surface area (Å²) in [5.74, 6) is -1.01. The highest BCUT2D eigenvalue weighted by molar-refractivity contribution is 9.10. The topological polar surface area (TPSA) is 37.3 Å². The van der Waals surface area contributed by atoms with Gasteiger partial charge in [0.1, 0.15) is 0 Å². The van der Waals surface area contributed by atoms with E-state index in [0.717, 1.165) is 22.9 Å². The van der Waals surface area contributed by atoms with Crippen molar-refractivity contribution in [2.75, 3.05) is 0 Å². The average Bonchev–Trinajstić information content (AvgIpc) is 2.46. The minimum atomic E-state index is -0.711. The van der Waals surface area contributed by atoms with Gasteiger partial charge >= 0.3 is 5.97 Å². The summed E-state index contributed by atoms with van der Waals surface area (Å²) in [4.78, 5) is 10.9. The summed E-state index contributed by atoms with van der Waals surface area (Å²) in [5, 5.41) is 8.94. The van der Waals surface area contributed by atoms with Crippen LogP contribution in [0, 0.1) is 0 Å². The SMILES string of the molecule is O=C(O)C1CCc2ccc(Br)cc21. The van der Waals surface area contributed by atoms with Crippen molar-refractivity contribution >= 4 is 21.9 Å². The minimum absolute atomic E-state index is 0.299. The van der Waals surface area contributed by atoms with Gasteiger partial charge in [0, 0.05) is 4.47 Å². The van der Waals surface area contributed by atoms with E-state index in [1.807, 2.05) is 18.2 Å². The van der Waals surface area contributed by atoms with E-state index in [9.17, 15) is 4.79 Å². The smallest absolute Gasteiger partial charge is 0.310 e. The van der Waals surface area contributed by atoms with E-state index in [-0.39, 0.29) is 5.92 Å². The van der Waals surface area contributed by atoms with Crippen LogP contribution in [-0.2, 0) is 11.2 Å². The van der Waals surface area contributed by atoms with Crippen molar-refractivity contribution in [3.05, 3.63) is 33.8 Å². The van der Waals surface area contributed by atoms with Crippen LogP contribution in [0.4, 0.5) is 0 Å². The van der Waals surface area contributed by atoms with Crippen molar-refractivity contribution in [1.29, 1.82) is 0 Å². The molecule has 0 saturated carbocycles. The first-order valence-electron chi connectivity index (χ1n) is 4.19. The largest absolute Gasteiger partial charge is 0.481 e. The number of aryl methyl sites for hydroxylation is 1. The Morgan fingerprint density at radius 2 is 2.31 bits per heavy atom. The van der Waals surface area contributed by atoms with Crippen LogP contribution < -0.4 is 0 Å². The Labute approximate surface area is 84.7 Å². The van der Waals surface area contributed by atoms with Gasteiger partial charge in [0.25, 0.3) is 0 Å². The first-order valence-corrected chi connectivity index (χ1v) is 4.99. The summed E-state index contributed by atoms with van der Waals surface area (Å²) in [6.45, 7) is 0. The molecule has 1 unspecified atom stereocenters. The van der Waals surface area contributed by atoms with Crippen molar-refractivity contribution in [2.24, 2.45) is 0 Å². The van der Waals surface area contributed by atoms with E-state index in [0.29, 0.717) is 0 Å². The Kier molecular flexibility index (Phi) is 2.12. The second-order valence-corrected chi connectivity index (χ2v) is 4.19. The zero-order valence-electron chi connectivity index (χ0n) is 6.96. The Balaban J connectivity index is 2.46. The Bertz CT molecular complexity index is 360. The Hall–Kier alpha value is -0.830. The summed E-state index contributed by atoms with van der Waals surface area (Å²) >= 11 is 3.35. The van der Waals surface area contributed by atoms with Crippen LogP contribution in [0.5, 0.6) is 0 Å². The van der Waals surface area contributed by atoms with Gasteiger partial charge < -0.3 is 5.11 Å². The maximum Gasteiger partial charge on any atom is 0.310 e. The van der Waals surface area contributed by atoms with Crippen LogP contribution >= 0.6 is 15.9 Å². The Morgan fingerprint density at radius 1 is 1.54 bits per heavy atom. The quantitative estimate of drug-likeness (QED) is 0.820. The molecular weight excluding hydrogens is 232 g/mol. The summed E-state index contributed by atoms with van der Waals surface area (Å²) < 4.78 is 0.958. The molecule has 0 heterocycles. The number of carbonyl (C=O) groups is 1. The number of fused-ring (bicyclic) bond motifs is 1. The van der Waals surface area contributed by atoms with Gasteiger partial charge in [-0.3, -0.25) is 4.79 Å². The number of carboxylic acids is 1. The molecule has 0 saturated heterocycles. The summed E-state index contributed by atoms with van der Waals surface area (Å²) in [6.07, 6.45) is 1.63. The van der Waals surface area contributed by atoms with Crippen molar-refractivity contribution in [1.82, 2.24) is 0 Å². The zero-order valence-corrected chi connectivity index (χ0v) is 8.54. The molecule has 2 rings (SSSR count). The normalized spacial score (nSPS) is 19.9. The maximum absolute atomic E-state index is 10.9. The molecule has 0 aromatic heterocycles. The first-order chi connectivity index (χ1) is 6.18. The van der Waals surface area contributed by atoms with Gasteiger partial charge in [-0.2, -0.15) is 0 Å². The van der Waals surface area contributed by atoms with Crippen molar-refractivity contribution < 1.29 is 9.90 Å². The van der Waals surface area contributed by atoms with Crippen molar-refractivity contribution in [3.8, 4) is 0 Å². The van der Waals surface area contributed by atoms with E-state index >= 15 is 0 Å². The number of benzene rings is 1.